The second-order valence-corrected chi connectivity index (χ2v) is 10.2. The minimum atomic E-state index is 0.204. The summed E-state index contributed by atoms with van der Waals surface area (Å²) in [5, 5.41) is 6.30. The lowest BCUT2D eigenvalue weighted by Crippen LogP contribution is -2.43. The van der Waals surface area contributed by atoms with Gasteiger partial charge in [0.2, 0.25) is 0 Å². The molecule has 6 heteroatoms. The van der Waals surface area contributed by atoms with Gasteiger partial charge < -0.3 is 25.0 Å². The molecule has 0 aromatic heterocycles. The maximum absolute atomic E-state index is 12.3. The number of nitrogens with one attached hydrogen (secondary N) is 2. The molecule has 0 radical (unpaired) electrons. The van der Waals surface area contributed by atoms with Crippen LogP contribution in [0.3, 0.4) is 0 Å². The lowest BCUT2D eigenvalue weighted by atomic mass is 9.85. The van der Waals surface area contributed by atoms with Crippen LogP contribution in [-0.4, -0.2) is 58.3 Å². The highest BCUT2D eigenvalue weighted by Gasteiger charge is 2.33. The van der Waals surface area contributed by atoms with Crippen LogP contribution in [0.5, 0.6) is 5.75 Å². The van der Waals surface area contributed by atoms with E-state index in [0.717, 1.165) is 84.3 Å². The number of benzene rings is 2. The van der Waals surface area contributed by atoms with Gasteiger partial charge in [0, 0.05) is 67.1 Å². The number of carbonyl (C=O) groups excluding carboxylic acids is 1. The third-order valence-electron chi connectivity index (χ3n) is 7.83. The van der Waals surface area contributed by atoms with Crippen LogP contribution >= 0.6 is 0 Å². The van der Waals surface area contributed by atoms with Crippen molar-refractivity contribution in [3.8, 4) is 5.75 Å². The van der Waals surface area contributed by atoms with Crippen LogP contribution < -0.4 is 20.3 Å². The van der Waals surface area contributed by atoms with Crippen LogP contribution in [-0.2, 0) is 9.53 Å². The van der Waals surface area contributed by atoms with Crippen molar-refractivity contribution < 1.29 is 14.3 Å². The summed E-state index contributed by atoms with van der Waals surface area (Å²) in [4.78, 5) is 14.7. The second-order valence-electron chi connectivity index (χ2n) is 10.2. The lowest BCUT2D eigenvalue weighted by Gasteiger charge is -2.43. The van der Waals surface area contributed by atoms with Crippen molar-refractivity contribution in [2.45, 2.75) is 63.1 Å². The first-order chi connectivity index (χ1) is 18.7. The largest absolute Gasteiger partial charge is 0.490 e. The molecular weight excluding hydrogens is 474 g/mol. The highest BCUT2D eigenvalue weighted by Crippen LogP contribution is 2.43. The smallest absolute Gasteiger partial charge is 0.151 e. The molecule has 4 aliphatic rings. The van der Waals surface area contributed by atoms with Crippen LogP contribution in [0, 0.1) is 0 Å². The number of nitrogens with zero attached hydrogens (tertiary/aromatic N) is 1. The second kappa shape index (κ2) is 13.6. The Morgan fingerprint density at radius 3 is 2.21 bits per heavy atom. The molecule has 3 fully saturated rings. The summed E-state index contributed by atoms with van der Waals surface area (Å²) in [5.41, 5.74) is 6.22. The minimum Gasteiger partial charge on any atom is -0.490 e. The number of fused-ring (bicyclic) bond motifs is 1. The average molecular weight is 518 g/mol. The standard InChI is InChI=1S/C26H30N2O3.C4H9N.C2H4/c1-27-19-7-5-18(6-8-19)24-16-28(20-3-2-4-20)26-15-22(9-10-23(26)25(24)17-29)31-21-11-13-30-14-12-21;1-5-4-2-3-4;1-2/h5-10,15,17,20-21,27H,2-4,11-14,16H2,1H3;4-5H,2-3H2,1H3;1-2H2. The molecule has 0 spiro atoms. The van der Waals surface area contributed by atoms with E-state index in [2.05, 4.69) is 65.1 Å². The Balaban J connectivity index is 0.000000425. The minimum absolute atomic E-state index is 0.204. The van der Waals surface area contributed by atoms with E-state index in [4.69, 9.17) is 9.47 Å². The fraction of sp³-hybridized carbons (Fsp3) is 0.469. The molecule has 204 valence electrons. The summed E-state index contributed by atoms with van der Waals surface area (Å²) in [6, 6.07) is 16.0. The quantitative estimate of drug-likeness (QED) is 0.350. The summed E-state index contributed by atoms with van der Waals surface area (Å²) >= 11 is 0. The van der Waals surface area contributed by atoms with Crippen molar-refractivity contribution in [1.82, 2.24) is 5.32 Å². The Hall–Kier alpha value is -3.09. The van der Waals surface area contributed by atoms with Crippen molar-refractivity contribution in [3.05, 3.63) is 66.7 Å². The molecular formula is C32H43N3O3. The van der Waals surface area contributed by atoms with Crippen LogP contribution in [0.4, 0.5) is 11.4 Å². The van der Waals surface area contributed by atoms with Crippen molar-refractivity contribution in [3.63, 3.8) is 0 Å². The Kier molecular flexibility index (Phi) is 10.0. The molecule has 2 N–H and O–H groups in total. The van der Waals surface area contributed by atoms with Gasteiger partial charge in [-0.3, -0.25) is 4.79 Å². The van der Waals surface area contributed by atoms with Crippen LogP contribution in [0.25, 0.3) is 11.1 Å². The van der Waals surface area contributed by atoms with Gasteiger partial charge in [0.05, 0.1) is 13.2 Å². The zero-order chi connectivity index (χ0) is 26.9. The van der Waals surface area contributed by atoms with Gasteiger partial charge in [0.1, 0.15) is 11.9 Å². The first-order valence-corrected chi connectivity index (χ1v) is 14.0. The molecule has 2 aromatic rings. The normalized spacial score (nSPS) is 19.2. The van der Waals surface area contributed by atoms with E-state index in [9.17, 15) is 4.79 Å². The molecule has 0 unspecified atom stereocenters. The molecule has 0 atom stereocenters. The van der Waals surface area contributed by atoms with E-state index in [1.165, 1.54) is 32.1 Å². The van der Waals surface area contributed by atoms with Gasteiger partial charge in [-0.25, -0.2) is 0 Å². The van der Waals surface area contributed by atoms with E-state index in [0.29, 0.717) is 6.04 Å². The van der Waals surface area contributed by atoms with Gasteiger partial charge in [-0.05, 0) is 74.6 Å². The lowest BCUT2D eigenvalue weighted by molar-refractivity contribution is -0.103. The summed E-state index contributed by atoms with van der Waals surface area (Å²) in [7, 11) is 3.93. The van der Waals surface area contributed by atoms with Gasteiger partial charge >= 0.3 is 0 Å². The number of hydrogen-bond acceptors (Lipinski definition) is 6. The highest BCUT2D eigenvalue weighted by molar-refractivity contribution is 6.21. The van der Waals surface area contributed by atoms with Gasteiger partial charge in [-0.1, -0.05) is 12.1 Å². The molecule has 2 saturated carbocycles. The zero-order valence-electron chi connectivity index (χ0n) is 23.0. The average Bonchev–Trinajstić information content (AvgIpc) is 3.79. The molecule has 2 aliphatic heterocycles. The van der Waals surface area contributed by atoms with E-state index >= 15 is 0 Å². The highest BCUT2D eigenvalue weighted by atomic mass is 16.5. The van der Waals surface area contributed by atoms with Gasteiger partial charge in [0.25, 0.3) is 0 Å². The molecule has 0 bridgehead atoms. The Morgan fingerprint density at radius 2 is 1.68 bits per heavy atom. The number of carbonyl (C=O) groups is 1. The SMILES string of the molecule is C=C.CNC1CC1.CNc1ccc(C2=C(C=O)c3ccc(OC4CCOCC4)cc3N(C3CCC3)C2)cc1. The Labute approximate surface area is 228 Å². The van der Waals surface area contributed by atoms with Crippen molar-refractivity contribution >= 4 is 28.8 Å². The van der Waals surface area contributed by atoms with E-state index in [1.54, 1.807) is 0 Å². The first kappa shape index (κ1) is 27.9. The molecule has 2 aliphatic carbocycles. The molecule has 2 aromatic carbocycles. The van der Waals surface area contributed by atoms with Gasteiger partial charge in [0.15, 0.2) is 6.29 Å². The van der Waals surface area contributed by atoms with Crippen molar-refractivity contribution in [2.75, 3.05) is 44.1 Å². The predicted molar refractivity (Wildman–Crippen MR) is 158 cm³/mol. The van der Waals surface area contributed by atoms with Crippen LogP contribution in [0.1, 0.15) is 56.1 Å². The molecule has 6 rings (SSSR count). The number of anilines is 2. The fourth-order valence-electron chi connectivity index (χ4n) is 5.16. The topological polar surface area (TPSA) is 62.8 Å². The summed E-state index contributed by atoms with van der Waals surface area (Å²) in [6.07, 6.45) is 9.55. The summed E-state index contributed by atoms with van der Waals surface area (Å²) < 4.78 is 11.7. The number of rotatable bonds is 7. The predicted octanol–water partition coefficient (Wildman–Crippen LogP) is 5.94. The molecule has 1 saturated heterocycles. The number of allylic oxidation sites excluding steroid dienone is 1. The fourth-order valence-corrected chi connectivity index (χ4v) is 5.16. The van der Waals surface area contributed by atoms with E-state index in [1.807, 2.05) is 20.2 Å². The molecule has 6 nitrogen and oxygen atoms in total. The van der Waals surface area contributed by atoms with Gasteiger partial charge in [-0.2, -0.15) is 0 Å². The number of aldehydes is 1. The first-order valence-electron chi connectivity index (χ1n) is 14.0. The monoisotopic (exact) mass is 517 g/mol. The van der Waals surface area contributed by atoms with Gasteiger partial charge in [-0.15, -0.1) is 13.2 Å². The zero-order valence-corrected chi connectivity index (χ0v) is 23.0. The van der Waals surface area contributed by atoms with E-state index < -0.39 is 0 Å². The van der Waals surface area contributed by atoms with Crippen LogP contribution in [0.15, 0.2) is 55.6 Å². The third-order valence-corrected chi connectivity index (χ3v) is 7.83. The Bertz CT molecular complexity index is 1080. The van der Waals surface area contributed by atoms with Crippen LogP contribution in [0.2, 0.25) is 0 Å². The maximum atomic E-state index is 12.3. The number of ether oxygens (including phenoxy) is 2. The molecule has 0 amide bonds. The van der Waals surface area contributed by atoms with Crippen molar-refractivity contribution in [2.24, 2.45) is 0 Å². The molecule has 2 heterocycles. The molecule has 38 heavy (non-hydrogen) atoms. The number of hydrogen-bond donors (Lipinski definition) is 2. The third kappa shape index (κ3) is 6.66. The Morgan fingerprint density at radius 1 is 0.974 bits per heavy atom. The summed E-state index contributed by atoms with van der Waals surface area (Å²) in [6.45, 7) is 8.28. The maximum Gasteiger partial charge on any atom is 0.151 e. The van der Waals surface area contributed by atoms with Crippen molar-refractivity contribution in [1.29, 1.82) is 0 Å². The van der Waals surface area contributed by atoms with E-state index in [-0.39, 0.29) is 6.10 Å². The summed E-state index contributed by atoms with van der Waals surface area (Å²) in [5.74, 6) is 0.891.